The Morgan fingerprint density at radius 1 is 1.72 bits per heavy atom. The molecule has 0 radical (unpaired) electrons. The molecule has 18 heavy (non-hydrogen) atoms. The van der Waals surface area contributed by atoms with Crippen LogP contribution >= 0.6 is 0 Å². The summed E-state index contributed by atoms with van der Waals surface area (Å²) >= 11 is 0. The highest BCUT2D eigenvalue weighted by Crippen LogP contribution is 2.24. The Hall–Kier alpha value is -2.20. The van der Waals surface area contributed by atoms with Crippen LogP contribution < -0.4 is 10.2 Å². The number of hydrogen-bond acceptors (Lipinski definition) is 6. The van der Waals surface area contributed by atoms with Crippen molar-refractivity contribution in [3.63, 3.8) is 0 Å². The zero-order valence-electron chi connectivity index (χ0n) is 9.96. The van der Waals surface area contributed by atoms with Crippen molar-refractivity contribution in [1.82, 2.24) is 10.3 Å². The number of nitriles is 1. The minimum Gasteiger partial charge on any atom is -0.350 e. The van der Waals surface area contributed by atoms with E-state index >= 15 is 0 Å². The molecule has 1 N–H and O–H groups in total. The second-order valence-corrected chi connectivity index (χ2v) is 4.03. The lowest BCUT2D eigenvalue weighted by molar-refractivity contribution is -0.385. The van der Waals surface area contributed by atoms with Crippen LogP contribution in [-0.2, 0) is 0 Å². The number of rotatable bonds is 4. The van der Waals surface area contributed by atoms with E-state index < -0.39 is 4.92 Å². The smallest absolute Gasteiger partial charge is 0.289 e. The van der Waals surface area contributed by atoms with E-state index in [9.17, 15) is 10.1 Å². The van der Waals surface area contributed by atoms with Gasteiger partial charge in [-0.1, -0.05) is 0 Å². The fourth-order valence-corrected chi connectivity index (χ4v) is 1.93. The first-order valence-electron chi connectivity index (χ1n) is 5.69. The number of hydrogen-bond donors (Lipinski definition) is 1. The summed E-state index contributed by atoms with van der Waals surface area (Å²) in [5.41, 5.74) is 0.0936. The minimum absolute atomic E-state index is 0.155. The van der Waals surface area contributed by atoms with Crippen molar-refractivity contribution in [2.45, 2.75) is 13.0 Å². The maximum absolute atomic E-state index is 10.7. The van der Waals surface area contributed by atoms with Gasteiger partial charge in [0.05, 0.1) is 11.0 Å². The fourth-order valence-electron chi connectivity index (χ4n) is 1.93. The molecule has 1 aromatic heterocycles. The number of anilines is 1. The summed E-state index contributed by atoms with van der Waals surface area (Å²) in [6.07, 6.45) is 1.20. The molecule has 0 amide bonds. The van der Waals surface area contributed by atoms with Crippen LogP contribution in [0.1, 0.15) is 12.5 Å². The summed E-state index contributed by atoms with van der Waals surface area (Å²) in [7, 11) is 0. The highest BCUT2D eigenvalue weighted by molar-refractivity contribution is 5.58. The lowest BCUT2D eigenvalue weighted by Gasteiger charge is -2.38. The summed E-state index contributed by atoms with van der Waals surface area (Å²) in [6, 6.07) is 3.56. The van der Waals surface area contributed by atoms with Gasteiger partial charge in [0.1, 0.15) is 23.6 Å². The number of likely N-dealkylation sites (N-methyl/N-ethyl adjacent to an activating group) is 1. The molecule has 2 heterocycles. The van der Waals surface area contributed by atoms with Gasteiger partial charge >= 0.3 is 0 Å². The van der Waals surface area contributed by atoms with Crippen molar-refractivity contribution in [2.24, 2.45) is 0 Å². The van der Waals surface area contributed by atoms with Crippen molar-refractivity contribution in [2.75, 3.05) is 24.5 Å². The molecule has 0 aromatic carbocycles. The van der Waals surface area contributed by atoms with Gasteiger partial charge in [0.2, 0.25) is 0 Å². The van der Waals surface area contributed by atoms with Crippen LogP contribution in [0, 0.1) is 21.4 Å². The SMILES string of the molecule is CCN(c1ncc([N+](=O)[O-])cc1C#N)C1CNC1. The first kappa shape index (κ1) is 12.3. The average Bonchev–Trinajstić information content (AvgIpc) is 2.32. The monoisotopic (exact) mass is 247 g/mol. The normalized spacial score (nSPS) is 14.7. The molecule has 0 saturated carbocycles. The molecule has 0 spiro atoms. The second-order valence-electron chi connectivity index (χ2n) is 4.03. The van der Waals surface area contributed by atoms with Crippen LogP contribution in [0.25, 0.3) is 0 Å². The molecule has 94 valence electrons. The van der Waals surface area contributed by atoms with Gasteiger partial charge in [0.15, 0.2) is 0 Å². The molecule has 1 saturated heterocycles. The Bertz CT molecular complexity index is 507. The number of nitrogens with one attached hydrogen (secondary N) is 1. The van der Waals surface area contributed by atoms with E-state index in [0.717, 1.165) is 13.1 Å². The Morgan fingerprint density at radius 3 is 2.89 bits per heavy atom. The topological polar surface area (TPSA) is 95.1 Å². The quantitative estimate of drug-likeness (QED) is 0.620. The Labute approximate surface area is 104 Å². The van der Waals surface area contributed by atoms with Gasteiger partial charge in [-0.2, -0.15) is 5.26 Å². The summed E-state index contributed by atoms with van der Waals surface area (Å²) in [5.74, 6) is 0.525. The van der Waals surface area contributed by atoms with Gasteiger partial charge in [0.25, 0.3) is 5.69 Å². The van der Waals surface area contributed by atoms with Crippen molar-refractivity contribution in [3.05, 3.63) is 27.9 Å². The summed E-state index contributed by atoms with van der Waals surface area (Å²) in [4.78, 5) is 16.2. The van der Waals surface area contributed by atoms with Crippen molar-refractivity contribution in [3.8, 4) is 6.07 Å². The molecule has 1 fully saturated rings. The van der Waals surface area contributed by atoms with Gasteiger partial charge in [-0.05, 0) is 6.92 Å². The second kappa shape index (κ2) is 4.98. The number of nitrogens with zero attached hydrogens (tertiary/aromatic N) is 4. The zero-order chi connectivity index (χ0) is 13.1. The third-order valence-electron chi connectivity index (χ3n) is 3.00. The van der Waals surface area contributed by atoms with Crippen LogP contribution in [0.4, 0.5) is 11.5 Å². The molecular weight excluding hydrogens is 234 g/mol. The lowest BCUT2D eigenvalue weighted by atomic mass is 10.1. The Kier molecular flexibility index (Phi) is 3.39. The molecule has 1 aliphatic rings. The first-order chi connectivity index (χ1) is 8.67. The van der Waals surface area contributed by atoms with E-state index in [1.54, 1.807) is 0 Å². The third kappa shape index (κ3) is 2.10. The molecule has 0 bridgehead atoms. The third-order valence-corrected chi connectivity index (χ3v) is 3.00. The number of aromatic nitrogens is 1. The van der Waals surface area contributed by atoms with E-state index in [2.05, 4.69) is 10.3 Å². The van der Waals surface area contributed by atoms with Gasteiger partial charge in [0, 0.05) is 25.7 Å². The fraction of sp³-hybridized carbons (Fsp3) is 0.455. The van der Waals surface area contributed by atoms with Crippen LogP contribution in [0.3, 0.4) is 0 Å². The molecule has 7 nitrogen and oxygen atoms in total. The molecule has 1 aromatic rings. The van der Waals surface area contributed by atoms with E-state index in [-0.39, 0.29) is 11.3 Å². The zero-order valence-corrected chi connectivity index (χ0v) is 9.96. The molecule has 0 aliphatic carbocycles. The lowest BCUT2D eigenvalue weighted by Crippen LogP contribution is -2.57. The van der Waals surface area contributed by atoms with E-state index in [0.29, 0.717) is 18.4 Å². The maximum Gasteiger partial charge on any atom is 0.289 e. The highest BCUT2D eigenvalue weighted by atomic mass is 16.6. The summed E-state index contributed by atoms with van der Waals surface area (Å²) in [6.45, 7) is 4.38. The maximum atomic E-state index is 10.7. The Balaban J connectivity index is 2.37. The van der Waals surface area contributed by atoms with Crippen LogP contribution in [-0.4, -0.2) is 35.6 Å². The average molecular weight is 247 g/mol. The molecule has 0 unspecified atom stereocenters. The molecule has 2 rings (SSSR count). The van der Waals surface area contributed by atoms with Crippen molar-refractivity contribution >= 4 is 11.5 Å². The van der Waals surface area contributed by atoms with Gasteiger partial charge in [-0.15, -0.1) is 0 Å². The predicted octanol–water partition coefficient (Wildman–Crippen LogP) is 0.660. The van der Waals surface area contributed by atoms with Gasteiger partial charge in [-0.25, -0.2) is 4.98 Å². The molecular formula is C11H13N5O2. The predicted molar refractivity (Wildman–Crippen MR) is 65.3 cm³/mol. The number of pyridine rings is 1. The van der Waals surface area contributed by atoms with Crippen LogP contribution in [0.15, 0.2) is 12.3 Å². The highest BCUT2D eigenvalue weighted by Gasteiger charge is 2.27. The van der Waals surface area contributed by atoms with E-state index in [1.165, 1.54) is 12.3 Å². The van der Waals surface area contributed by atoms with Crippen LogP contribution in [0.2, 0.25) is 0 Å². The molecule has 1 aliphatic heterocycles. The van der Waals surface area contributed by atoms with E-state index in [1.807, 2.05) is 17.9 Å². The van der Waals surface area contributed by atoms with Crippen molar-refractivity contribution < 1.29 is 4.92 Å². The summed E-state index contributed by atoms with van der Waals surface area (Å²) < 4.78 is 0. The Morgan fingerprint density at radius 2 is 2.44 bits per heavy atom. The molecule has 0 atom stereocenters. The van der Waals surface area contributed by atoms with Gasteiger partial charge < -0.3 is 10.2 Å². The minimum atomic E-state index is -0.543. The van der Waals surface area contributed by atoms with E-state index in [4.69, 9.17) is 5.26 Å². The van der Waals surface area contributed by atoms with Crippen molar-refractivity contribution in [1.29, 1.82) is 5.26 Å². The van der Waals surface area contributed by atoms with Gasteiger partial charge in [-0.3, -0.25) is 10.1 Å². The summed E-state index contributed by atoms with van der Waals surface area (Å²) in [5, 5.41) is 22.9. The molecule has 7 heteroatoms. The largest absolute Gasteiger partial charge is 0.350 e. The first-order valence-corrected chi connectivity index (χ1v) is 5.69. The standard InChI is InChI=1S/C11H13N5O2/c1-2-15(10-5-13-6-10)11-8(4-12)3-9(7-14-11)16(17)18/h3,7,10,13H,2,5-6H2,1H3. The number of nitro groups is 1. The van der Waals surface area contributed by atoms with Crippen LogP contribution in [0.5, 0.6) is 0 Å².